The van der Waals surface area contributed by atoms with Gasteiger partial charge in [-0.25, -0.2) is 4.98 Å². The number of aromatic nitrogens is 3. The van der Waals surface area contributed by atoms with Crippen LogP contribution in [0.15, 0.2) is 199 Å². The third-order valence-electron chi connectivity index (χ3n) is 13.4. The first-order valence-electron chi connectivity index (χ1n) is 24.3. The maximum Gasteiger partial charge on any atom is 0.153 e. The molecule has 0 aliphatic heterocycles. The normalized spacial score (nSPS) is 12.9. The van der Waals surface area contributed by atoms with Gasteiger partial charge in [-0.1, -0.05) is 168 Å². The maximum atomic E-state index is 12.0. The number of aromatic hydroxyl groups is 1. The molecule has 0 saturated heterocycles. The summed E-state index contributed by atoms with van der Waals surface area (Å²) in [7, 11) is 0. The Hall–Kier alpha value is -8.02. The van der Waals surface area contributed by atoms with Gasteiger partial charge in [0.25, 0.3) is 0 Å². The van der Waals surface area contributed by atoms with Crippen molar-refractivity contribution in [2.75, 3.05) is 0 Å². The van der Waals surface area contributed by atoms with E-state index in [-0.39, 0.29) is 22.1 Å². The number of fused-ring (bicyclic) bond motifs is 4. The average molecular weight is 873 g/mol. The fraction of sp³-hybridized carbons (Fsp3) is 0.129. The van der Waals surface area contributed by atoms with Crippen molar-refractivity contribution >= 4 is 33.0 Å². The fourth-order valence-corrected chi connectivity index (χ4v) is 9.55. The highest BCUT2D eigenvalue weighted by Crippen LogP contribution is 2.46. The Morgan fingerprint density at radius 2 is 1.28 bits per heavy atom. The summed E-state index contributed by atoms with van der Waals surface area (Å²) >= 11 is 0. The van der Waals surface area contributed by atoms with E-state index in [4.69, 9.17) is 18.5 Å². The van der Waals surface area contributed by atoms with Crippen LogP contribution in [0.4, 0.5) is 0 Å². The second-order valence-electron chi connectivity index (χ2n) is 19.0. The van der Waals surface area contributed by atoms with Crippen LogP contribution in [0.25, 0.3) is 94.7 Å². The van der Waals surface area contributed by atoms with Gasteiger partial charge >= 0.3 is 0 Å². The Kier molecular flexibility index (Phi) is 9.22. The van der Waals surface area contributed by atoms with Crippen LogP contribution in [0.2, 0.25) is 0 Å². The topological polar surface area (TPSA) is 64.1 Å². The molecule has 5 nitrogen and oxygen atoms in total. The summed E-state index contributed by atoms with van der Waals surface area (Å²) in [5.74, 6) is 0.450. The number of furan rings is 1. The highest BCUT2D eigenvalue weighted by molar-refractivity contribution is 6.11. The Bertz CT molecular complexity index is 3770. The summed E-state index contributed by atoms with van der Waals surface area (Å²) in [6, 6.07) is 63.0. The molecule has 0 aliphatic carbocycles. The summed E-state index contributed by atoms with van der Waals surface area (Å²) in [6.07, 6.45) is 1.89. The predicted octanol–water partition coefficient (Wildman–Crippen LogP) is 16.3. The third-order valence-corrected chi connectivity index (χ3v) is 13.4. The molecule has 0 saturated carbocycles. The van der Waals surface area contributed by atoms with Crippen molar-refractivity contribution in [2.24, 2.45) is 0 Å². The van der Waals surface area contributed by atoms with Gasteiger partial charge in [-0.15, -0.1) is 0 Å². The molecule has 0 radical (unpaired) electrons. The van der Waals surface area contributed by atoms with Gasteiger partial charge in [-0.3, -0.25) is 9.55 Å². The monoisotopic (exact) mass is 872 g/mol. The fourth-order valence-electron chi connectivity index (χ4n) is 9.55. The molecule has 67 heavy (non-hydrogen) atoms. The number of phenolic OH excluding ortho intramolecular Hbond substituents is 1. The van der Waals surface area contributed by atoms with E-state index < -0.39 is 6.85 Å². The number of hydrogen-bond donors (Lipinski definition) is 1. The molecule has 3 heterocycles. The van der Waals surface area contributed by atoms with Crippen LogP contribution in [0.5, 0.6) is 5.75 Å². The number of imidazole rings is 1. The van der Waals surface area contributed by atoms with Crippen molar-refractivity contribution in [3.63, 3.8) is 0 Å². The summed E-state index contributed by atoms with van der Waals surface area (Å²) in [5.41, 5.74) is 14.6. The lowest BCUT2D eigenvalue weighted by atomic mass is 9.78. The summed E-state index contributed by atoms with van der Waals surface area (Å²) in [5, 5.41) is 13.8. The molecule has 0 spiro atoms. The Morgan fingerprint density at radius 3 is 2.06 bits per heavy atom. The summed E-state index contributed by atoms with van der Waals surface area (Å²) < 4.78 is 33.8. The zero-order valence-corrected chi connectivity index (χ0v) is 38.2. The zero-order chi connectivity index (χ0) is 48.5. The summed E-state index contributed by atoms with van der Waals surface area (Å²) in [4.78, 5) is 10.5. The zero-order valence-electron chi connectivity index (χ0n) is 41.2. The molecule has 1 N–H and O–H groups in total. The van der Waals surface area contributed by atoms with Gasteiger partial charge in [-0.05, 0) is 112 Å². The number of benzene rings is 8. The second-order valence-corrected chi connectivity index (χ2v) is 19.0. The molecule has 326 valence electrons. The molecule has 3 aromatic heterocycles. The number of aryl methyl sites for hydroxylation is 1. The van der Waals surface area contributed by atoms with Crippen LogP contribution >= 0.6 is 0 Å². The maximum absolute atomic E-state index is 12.0. The van der Waals surface area contributed by atoms with Gasteiger partial charge in [0.15, 0.2) is 5.82 Å². The van der Waals surface area contributed by atoms with Gasteiger partial charge < -0.3 is 9.52 Å². The largest absolute Gasteiger partial charge is 0.507 e. The van der Waals surface area contributed by atoms with Gasteiger partial charge in [0.05, 0.1) is 22.4 Å². The van der Waals surface area contributed by atoms with Crippen molar-refractivity contribution in [2.45, 2.75) is 52.3 Å². The first-order valence-corrected chi connectivity index (χ1v) is 22.8. The molecule has 0 atom stereocenters. The minimum Gasteiger partial charge on any atom is -0.507 e. The predicted molar refractivity (Wildman–Crippen MR) is 277 cm³/mol. The molecule has 8 aromatic carbocycles. The molecule has 5 heteroatoms. The first-order chi connectivity index (χ1) is 33.6. The lowest BCUT2D eigenvalue weighted by molar-refractivity contribution is 0.476. The van der Waals surface area contributed by atoms with Crippen molar-refractivity contribution in [1.29, 1.82) is 0 Å². The van der Waals surface area contributed by atoms with Crippen LogP contribution in [-0.2, 0) is 10.8 Å². The molecule has 0 fully saturated rings. The van der Waals surface area contributed by atoms with Crippen LogP contribution in [0.3, 0.4) is 0 Å². The second kappa shape index (κ2) is 16.1. The number of hydrogen-bond acceptors (Lipinski definition) is 4. The minimum absolute atomic E-state index is 0.00236. The summed E-state index contributed by atoms with van der Waals surface area (Å²) in [6.45, 7) is 8.84. The van der Waals surface area contributed by atoms with Gasteiger partial charge in [0, 0.05) is 43.2 Å². The van der Waals surface area contributed by atoms with Crippen molar-refractivity contribution in [3.05, 3.63) is 217 Å². The van der Waals surface area contributed by atoms with E-state index in [1.165, 1.54) is 11.1 Å². The lowest BCUT2D eigenvalue weighted by Gasteiger charge is -2.26. The molecule has 0 bridgehead atoms. The highest BCUT2D eigenvalue weighted by atomic mass is 16.3. The number of rotatable bonds is 8. The Labute approximate surface area is 395 Å². The molecular weight excluding hydrogens is 819 g/mol. The van der Waals surface area contributed by atoms with E-state index in [1.807, 2.05) is 89.6 Å². The number of para-hydroxylation sites is 2. The average Bonchev–Trinajstić information content (AvgIpc) is 3.95. The van der Waals surface area contributed by atoms with E-state index in [1.54, 1.807) is 18.2 Å². The van der Waals surface area contributed by atoms with Crippen molar-refractivity contribution in [1.82, 2.24) is 14.5 Å². The van der Waals surface area contributed by atoms with Crippen LogP contribution in [0.1, 0.15) is 61.0 Å². The van der Waals surface area contributed by atoms with E-state index in [0.29, 0.717) is 39.3 Å². The smallest absolute Gasteiger partial charge is 0.153 e. The van der Waals surface area contributed by atoms with E-state index in [9.17, 15) is 5.11 Å². The van der Waals surface area contributed by atoms with E-state index in [2.05, 4.69) is 126 Å². The quantitative estimate of drug-likeness (QED) is 0.165. The minimum atomic E-state index is -2.35. The van der Waals surface area contributed by atoms with E-state index in [0.717, 1.165) is 60.9 Å². The molecular formula is C62H51N3O2. The Balaban J connectivity index is 1.12. The number of phenols is 1. The van der Waals surface area contributed by atoms with Gasteiger partial charge in [0.1, 0.15) is 22.5 Å². The first kappa shape index (κ1) is 38.3. The van der Waals surface area contributed by atoms with Crippen molar-refractivity contribution < 1.29 is 13.6 Å². The lowest BCUT2D eigenvalue weighted by Crippen LogP contribution is -2.18. The molecule has 0 unspecified atom stereocenters. The van der Waals surface area contributed by atoms with Crippen LogP contribution in [0, 0.1) is 6.85 Å². The van der Waals surface area contributed by atoms with Crippen LogP contribution < -0.4 is 0 Å². The van der Waals surface area contributed by atoms with Crippen molar-refractivity contribution in [3.8, 4) is 67.5 Å². The third kappa shape index (κ3) is 7.37. The molecule has 11 rings (SSSR count). The number of pyridine rings is 1. The van der Waals surface area contributed by atoms with Crippen LogP contribution in [-0.4, -0.2) is 19.6 Å². The SMILES string of the molecule is [2H]C([2H])([2H])c1ccc(-n2c(-c3c(O)ccc4c3oc3ccccc34)nc3c(-c4cc(-c5cc(-c6ccc(C(C)(C)c7ccccc7)cc6)ccn5)cc(C(C)(C)C)c4)cccc32)c(-c2ccccc2)c1. The Morgan fingerprint density at radius 1 is 0.552 bits per heavy atom. The molecule has 11 aromatic rings. The molecule has 0 amide bonds. The van der Waals surface area contributed by atoms with Gasteiger partial charge in [-0.2, -0.15) is 0 Å². The highest BCUT2D eigenvalue weighted by Gasteiger charge is 2.27. The standard InChI is InChI=1S/C62H51N3O2/c1-39-24-30-53(51(34-39)41-16-9-7-10-17-41)65-54-22-15-21-48(58(54)64-60(65)57-55(66)31-29-50-49-20-13-14-23-56(49)67-59(50)57)43-35-44(37-47(36-43)61(2,3)4)52-38-42(32-33-63-52)40-25-27-46(28-26-40)62(5,6)45-18-11-8-12-19-45/h7-38,66H,1-6H3/i1D3. The molecule has 0 aliphatic rings. The van der Waals surface area contributed by atoms with E-state index >= 15 is 0 Å². The van der Waals surface area contributed by atoms with Gasteiger partial charge in [0.2, 0.25) is 0 Å². The number of nitrogens with zero attached hydrogens (tertiary/aromatic N) is 3.